The molecule has 0 aliphatic carbocycles. The normalized spacial score (nSPS) is 11.3. The third-order valence-electron chi connectivity index (χ3n) is 4.99. The summed E-state index contributed by atoms with van der Waals surface area (Å²) in [5, 5.41) is 1.88. The molecule has 9 heteroatoms. The summed E-state index contributed by atoms with van der Waals surface area (Å²) in [6, 6.07) is 15.9. The van der Waals surface area contributed by atoms with Crippen LogP contribution in [0.25, 0.3) is 27.6 Å². The SMILES string of the molecule is Cc1cccnc1-n1c(SCc2nc3ccc(Cl)cc3c(=O)[nH]2)nc2ccccc2c1=O. The molecular weight excluding hydrogens is 446 g/mol. The van der Waals surface area contributed by atoms with E-state index in [9.17, 15) is 9.59 Å². The lowest BCUT2D eigenvalue weighted by atomic mass is 10.2. The number of rotatable bonds is 4. The molecule has 0 aliphatic rings. The van der Waals surface area contributed by atoms with E-state index < -0.39 is 0 Å². The van der Waals surface area contributed by atoms with Crippen LogP contribution in [0.4, 0.5) is 0 Å². The summed E-state index contributed by atoms with van der Waals surface area (Å²) < 4.78 is 1.52. The molecule has 0 bridgehead atoms. The lowest BCUT2D eigenvalue weighted by Gasteiger charge is -2.14. The minimum Gasteiger partial charge on any atom is -0.309 e. The lowest BCUT2D eigenvalue weighted by Crippen LogP contribution is -2.23. The Morgan fingerprint density at radius 1 is 1.00 bits per heavy atom. The fourth-order valence-electron chi connectivity index (χ4n) is 3.47. The van der Waals surface area contributed by atoms with E-state index in [4.69, 9.17) is 16.6 Å². The molecule has 0 amide bonds. The first kappa shape index (κ1) is 20.4. The molecule has 3 aromatic heterocycles. The van der Waals surface area contributed by atoms with Crippen LogP contribution in [-0.2, 0) is 5.75 Å². The number of halogens is 1. The molecule has 3 heterocycles. The standard InChI is InChI=1S/C23H16ClN5O2S/c1-13-5-4-10-25-20(13)29-22(31)15-6-2-3-7-17(15)27-23(29)32-12-19-26-18-9-8-14(24)11-16(18)21(30)28-19/h2-11H,12H2,1H3,(H,26,28,30). The minimum absolute atomic E-state index is 0.200. The van der Waals surface area contributed by atoms with Gasteiger partial charge in [0, 0.05) is 11.2 Å². The van der Waals surface area contributed by atoms with Crippen molar-refractivity contribution < 1.29 is 0 Å². The number of hydrogen-bond acceptors (Lipinski definition) is 6. The van der Waals surface area contributed by atoms with Crippen molar-refractivity contribution in [3.63, 3.8) is 0 Å². The Hall–Kier alpha value is -3.49. The monoisotopic (exact) mass is 461 g/mol. The number of aromatic nitrogens is 5. The second-order valence-electron chi connectivity index (χ2n) is 7.16. The van der Waals surface area contributed by atoms with Crippen molar-refractivity contribution in [1.82, 2.24) is 24.5 Å². The first-order valence-electron chi connectivity index (χ1n) is 9.76. The van der Waals surface area contributed by atoms with Crippen LogP contribution in [-0.4, -0.2) is 24.5 Å². The largest absolute Gasteiger partial charge is 0.309 e. The first-order valence-corrected chi connectivity index (χ1v) is 11.1. The lowest BCUT2D eigenvalue weighted by molar-refractivity contribution is 0.788. The second-order valence-corrected chi connectivity index (χ2v) is 8.54. The van der Waals surface area contributed by atoms with Gasteiger partial charge in [0.2, 0.25) is 0 Å². The summed E-state index contributed by atoms with van der Waals surface area (Å²) in [4.78, 5) is 42.3. The number of thioether (sulfide) groups is 1. The molecule has 0 fully saturated rings. The van der Waals surface area contributed by atoms with E-state index in [1.165, 1.54) is 16.3 Å². The van der Waals surface area contributed by atoms with Gasteiger partial charge in [0.25, 0.3) is 11.1 Å². The molecule has 0 unspecified atom stereocenters. The zero-order chi connectivity index (χ0) is 22.2. The smallest absolute Gasteiger partial charge is 0.267 e. The van der Waals surface area contributed by atoms with Crippen LogP contribution in [0.2, 0.25) is 5.02 Å². The highest BCUT2D eigenvalue weighted by Gasteiger charge is 2.16. The summed E-state index contributed by atoms with van der Waals surface area (Å²) in [6.07, 6.45) is 1.64. The molecule has 32 heavy (non-hydrogen) atoms. The molecule has 5 aromatic rings. The van der Waals surface area contributed by atoms with Crippen molar-refractivity contribution >= 4 is 45.2 Å². The number of nitrogens with one attached hydrogen (secondary N) is 1. The second kappa shape index (κ2) is 8.22. The van der Waals surface area contributed by atoms with Gasteiger partial charge in [-0.3, -0.25) is 9.59 Å². The average Bonchev–Trinajstić information content (AvgIpc) is 2.79. The molecule has 0 atom stereocenters. The number of H-pyrrole nitrogens is 1. The van der Waals surface area contributed by atoms with E-state index >= 15 is 0 Å². The predicted octanol–water partition coefficient (Wildman–Crippen LogP) is 4.27. The van der Waals surface area contributed by atoms with Gasteiger partial charge in [-0.25, -0.2) is 19.5 Å². The topological polar surface area (TPSA) is 93.5 Å². The van der Waals surface area contributed by atoms with E-state index in [-0.39, 0.29) is 11.1 Å². The van der Waals surface area contributed by atoms with Crippen molar-refractivity contribution in [2.24, 2.45) is 0 Å². The van der Waals surface area contributed by atoms with Crippen LogP contribution in [0.3, 0.4) is 0 Å². The molecule has 0 saturated heterocycles. The van der Waals surface area contributed by atoms with Gasteiger partial charge in [-0.05, 0) is 48.9 Å². The molecule has 5 rings (SSSR count). The van der Waals surface area contributed by atoms with E-state index in [0.717, 1.165) is 5.56 Å². The Morgan fingerprint density at radius 2 is 1.81 bits per heavy atom. The average molecular weight is 462 g/mol. The fourth-order valence-corrected chi connectivity index (χ4v) is 4.50. The number of fused-ring (bicyclic) bond motifs is 2. The number of aromatic amines is 1. The molecule has 0 saturated carbocycles. The quantitative estimate of drug-likeness (QED) is 0.317. The predicted molar refractivity (Wildman–Crippen MR) is 127 cm³/mol. The van der Waals surface area contributed by atoms with Crippen LogP contribution < -0.4 is 11.1 Å². The number of aryl methyl sites for hydroxylation is 1. The van der Waals surface area contributed by atoms with Gasteiger partial charge in [0.1, 0.15) is 11.6 Å². The van der Waals surface area contributed by atoms with E-state index in [0.29, 0.717) is 49.4 Å². The Balaban J connectivity index is 1.61. The summed E-state index contributed by atoms with van der Waals surface area (Å²) in [5.41, 5.74) is 1.53. The van der Waals surface area contributed by atoms with Gasteiger partial charge in [0.05, 0.1) is 27.6 Å². The number of nitrogens with zero attached hydrogens (tertiary/aromatic N) is 4. The highest BCUT2D eigenvalue weighted by Crippen LogP contribution is 2.24. The molecule has 0 spiro atoms. The van der Waals surface area contributed by atoms with Crippen LogP contribution in [0.15, 0.2) is 75.5 Å². The zero-order valence-electron chi connectivity index (χ0n) is 16.9. The van der Waals surface area contributed by atoms with Crippen LogP contribution in [0.1, 0.15) is 11.4 Å². The molecular formula is C23H16ClN5O2S. The number of pyridine rings is 1. The maximum absolute atomic E-state index is 13.4. The van der Waals surface area contributed by atoms with Crippen molar-refractivity contribution in [2.75, 3.05) is 0 Å². The maximum atomic E-state index is 13.4. The Labute approximate surface area is 191 Å². The Bertz CT molecular complexity index is 1610. The highest BCUT2D eigenvalue weighted by atomic mass is 35.5. The van der Waals surface area contributed by atoms with Crippen molar-refractivity contribution in [3.05, 3.63) is 97.9 Å². The van der Waals surface area contributed by atoms with Crippen LogP contribution in [0.5, 0.6) is 0 Å². The third-order valence-corrected chi connectivity index (χ3v) is 6.18. The number of para-hydroxylation sites is 1. The van der Waals surface area contributed by atoms with Gasteiger partial charge in [-0.2, -0.15) is 0 Å². The fraction of sp³-hybridized carbons (Fsp3) is 0.0870. The molecule has 158 valence electrons. The Kier molecular flexibility index (Phi) is 5.24. The summed E-state index contributed by atoms with van der Waals surface area (Å²) in [6.45, 7) is 1.89. The van der Waals surface area contributed by atoms with Crippen molar-refractivity contribution in [1.29, 1.82) is 0 Å². The van der Waals surface area contributed by atoms with Crippen molar-refractivity contribution in [3.8, 4) is 5.82 Å². The molecule has 0 radical (unpaired) electrons. The maximum Gasteiger partial charge on any atom is 0.267 e. The third kappa shape index (κ3) is 3.68. The molecule has 7 nitrogen and oxygen atoms in total. The van der Waals surface area contributed by atoms with Crippen LogP contribution in [0, 0.1) is 6.92 Å². The number of hydrogen-bond donors (Lipinski definition) is 1. The van der Waals surface area contributed by atoms with E-state index in [1.807, 2.05) is 31.2 Å². The van der Waals surface area contributed by atoms with Gasteiger partial charge in [-0.1, -0.05) is 41.6 Å². The minimum atomic E-state index is -0.266. The zero-order valence-corrected chi connectivity index (χ0v) is 18.4. The van der Waals surface area contributed by atoms with E-state index in [1.54, 1.807) is 36.5 Å². The number of benzene rings is 2. The van der Waals surface area contributed by atoms with Gasteiger partial charge < -0.3 is 4.98 Å². The van der Waals surface area contributed by atoms with Gasteiger partial charge in [0.15, 0.2) is 5.16 Å². The van der Waals surface area contributed by atoms with Crippen LogP contribution >= 0.6 is 23.4 Å². The van der Waals surface area contributed by atoms with Crippen molar-refractivity contribution in [2.45, 2.75) is 17.8 Å². The first-order chi connectivity index (χ1) is 15.5. The highest BCUT2D eigenvalue weighted by molar-refractivity contribution is 7.98. The Morgan fingerprint density at radius 3 is 2.66 bits per heavy atom. The molecule has 0 aliphatic heterocycles. The summed E-state index contributed by atoms with van der Waals surface area (Å²) in [5.74, 6) is 1.30. The van der Waals surface area contributed by atoms with Gasteiger partial charge in [-0.15, -0.1) is 0 Å². The summed E-state index contributed by atoms with van der Waals surface area (Å²) >= 11 is 7.30. The molecule has 2 aromatic carbocycles. The van der Waals surface area contributed by atoms with E-state index in [2.05, 4.69) is 15.0 Å². The summed E-state index contributed by atoms with van der Waals surface area (Å²) in [7, 11) is 0. The molecule has 1 N–H and O–H groups in total. The van der Waals surface area contributed by atoms with Gasteiger partial charge >= 0.3 is 0 Å².